The second-order valence-corrected chi connectivity index (χ2v) is 7.33. The smallest absolute Gasteiger partial charge is 0.194 e. The summed E-state index contributed by atoms with van der Waals surface area (Å²) in [7, 11) is 0. The number of nitrogens with zero attached hydrogens (tertiary/aromatic N) is 3. The van der Waals surface area contributed by atoms with Crippen LogP contribution in [-0.2, 0) is 19.3 Å². The summed E-state index contributed by atoms with van der Waals surface area (Å²) in [6.07, 6.45) is 4.36. The van der Waals surface area contributed by atoms with Gasteiger partial charge in [0.15, 0.2) is 17.7 Å². The van der Waals surface area contributed by atoms with Crippen molar-refractivity contribution in [2.45, 2.75) is 79.6 Å². The Bertz CT molecular complexity index is 885. The highest BCUT2D eigenvalue weighted by Crippen LogP contribution is 2.25. The lowest BCUT2D eigenvalue weighted by Crippen LogP contribution is -1.99. The number of rotatable bonds is 8. The molecule has 1 unspecified atom stereocenters. The standard InChI is InChI=1S/C21H29N3O3/c1-12(21-16(5)25-17(6)23-21)10-11-20-24-18(15(4)27-20)8-7-9-19-22-13(2)14(3)26-19/h12H,7-11H2,1-6H3. The summed E-state index contributed by atoms with van der Waals surface area (Å²) >= 11 is 0. The molecule has 0 radical (unpaired) electrons. The minimum absolute atomic E-state index is 0.314. The van der Waals surface area contributed by atoms with Crippen LogP contribution in [0, 0.1) is 34.6 Å². The molecular formula is C21H29N3O3. The van der Waals surface area contributed by atoms with Crippen LogP contribution in [0.2, 0.25) is 0 Å². The number of hydrogen-bond donors (Lipinski definition) is 0. The quantitative estimate of drug-likeness (QED) is 0.548. The van der Waals surface area contributed by atoms with Crippen molar-refractivity contribution in [1.29, 1.82) is 0 Å². The average Bonchev–Trinajstić information content (AvgIpc) is 3.23. The minimum atomic E-state index is 0.314. The fraction of sp³-hybridized carbons (Fsp3) is 0.571. The normalized spacial score (nSPS) is 12.7. The Labute approximate surface area is 160 Å². The fourth-order valence-electron chi connectivity index (χ4n) is 3.36. The zero-order chi connectivity index (χ0) is 19.6. The molecule has 0 N–H and O–H groups in total. The Morgan fingerprint density at radius 1 is 0.741 bits per heavy atom. The van der Waals surface area contributed by atoms with Gasteiger partial charge in [0.2, 0.25) is 0 Å². The van der Waals surface area contributed by atoms with Crippen molar-refractivity contribution in [3.05, 3.63) is 52.0 Å². The molecule has 3 heterocycles. The summed E-state index contributed by atoms with van der Waals surface area (Å²) in [6, 6.07) is 0. The summed E-state index contributed by atoms with van der Waals surface area (Å²) < 4.78 is 17.0. The lowest BCUT2D eigenvalue weighted by Gasteiger charge is -2.06. The van der Waals surface area contributed by atoms with Gasteiger partial charge in [-0.05, 0) is 47.0 Å². The van der Waals surface area contributed by atoms with E-state index < -0.39 is 0 Å². The van der Waals surface area contributed by atoms with Gasteiger partial charge in [-0.2, -0.15) is 0 Å². The maximum absolute atomic E-state index is 5.87. The first kappa shape index (κ1) is 19.4. The maximum atomic E-state index is 5.87. The Kier molecular flexibility index (Phi) is 5.82. The van der Waals surface area contributed by atoms with Crippen LogP contribution < -0.4 is 0 Å². The van der Waals surface area contributed by atoms with E-state index in [1.165, 1.54) is 0 Å². The van der Waals surface area contributed by atoms with Crippen LogP contribution in [-0.4, -0.2) is 15.0 Å². The molecule has 6 nitrogen and oxygen atoms in total. The van der Waals surface area contributed by atoms with Crippen molar-refractivity contribution in [1.82, 2.24) is 15.0 Å². The summed E-state index contributed by atoms with van der Waals surface area (Å²) in [5.74, 6) is 5.35. The fourth-order valence-corrected chi connectivity index (χ4v) is 3.36. The van der Waals surface area contributed by atoms with E-state index in [0.717, 1.165) is 84.1 Å². The monoisotopic (exact) mass is 371 g/mol. The van der Waals surface area contributed by atoms with E-state index in [1.54, 1.807) is 0 Å². The molecule has 146 valence electrons. The summed E-state index contributed by atoms with van der Waals surface area (Å²) in [5, 5.41) is 0. The zero-order valence-corrected chi connectivity index (χ0v) is 17.2. The third kappa shape index (κ3) is 4.67. The highest BCUT2D eigenvalue weighted by atomic mass is 16.4. The van der Waals surface area contributed by atoms with E-state index in [2.05, 4.69) is 16.9 Å². The molecule has 0 aliphatic heterocycles. The molecule has 0 amide bonds. The third-order valence-corrected chi connectivity index (χ3v) is 5.01. The first-order chi connectivity index (χ1) is 12.8. The zero-order valence-electron chi connectivity index (χ0n) is 17.2. The van der Waals surface area contributed by atoms with Gasteiger partial charge in [0.1, 0.15) is 17.3 Å². The van der Waals surface area contributed by atoms with Crippen molar-refractivity contribution in [2.75, 3.05) is 0 Å². The predicted molar refractivity (Wildman–Crippen MR) is 102 cm³/mol. The van der Waals surface area contributed by atoms with Gasteiger partial charge < -0.3 is 13.3 Å². The Hall–Kier alpha value is -2.37. The Balaban J connectivity index is 1.52. The molecule has 0 fully saturated rings. The molecule has 6 heteroatoms. The van der Waals surface area contributed by atoms with Gasteiger partial charge in [-0.25, -0.2) is 15.0 Å². The summed E-state index contributed by atoms with van der Waals surface area (Å²) in [4.78, 5) is 13.6. The van der Waals surface area contributed by atoms with Crippen LogP contribution in [0.15, 0.2) is 13.3 Å². The first-order valence-corrected chi connectivity index (χ1v) is 9.65. The molecule has 3 aromatic rings. The Morgan fingerprint density at radius 3 is 2.07 bits per heavy atom. The highest BCUT2D eigenvalue weighted by molar-refractivity contribution is 5.14. The van der Waals surface area contributed by atoms with E-state index in [1.807, 2.05) is 34.6 Å². The summed E-state index contributed by atoms with van der Waals surface area (Å²) in [5.41, 5.74) is 3.04. The van der Waals surface area contributed by atoms with Crippen LogP contribution >= 0.6 is 0 Å². The van der Waals surface area contributed by atoms with E-state index in [-0.39, 0.29) is 0 Å². The second kappa shape index (κ2) is 8.11. The molecular weight excluding hydrogens is 342 g/mol. The molecule has 1 atom stereocenters. The molecule has 0 spiro atoms. The van der Waals surface area contributed by atoms with Gasteiger partial charge in [-0.15, -0.1) is 0 Å². The van der Waals surface area contributed by atoms with Crippen LogP contribution in [0.25, 0.3) is 0 Å². The molecule has 3 rings (SSSR count). The maximum Gasteiger partial charge on any atom is 0.194 e. The van der Waals surface area contributed by atoms with Gasteiger partial charge in [-0.1, -0.05) is 6.92 Å². The first-order valence-electron chi connectivity index (χ1n) is 9.65. The number of aryl methyl sites for hydroxylation is 8. The molecule has 0 saturated carbocycles. The largest absolute Gasteiger partial charge is 0.446 e. The molecule has 0 aromatic carbocycles. The van der Waals surface area contributed by atoms with Crippen molar-refractivity contribution >= 4 is 0 Å². The van der Waals surface area contributed by atoms with E-state index in [4.69, 9.17) is 18.2 Å². The van der Waals surface area contributed by atoms with Crippen molar-refractivity contribution < 1.29 is 13.3 Å². The third-order valence-electron chi connectivity index (χ3n) is 5.01. The minimum Gasteiger partial charge on any atom is -0.446 e. The molecule has 0 aliphatic rings. The molecule has 0 bridgehead atoms. The van der Waals surface area contributed by atoms with Gasteiger partial charge >= 0.3 is 0 Å². The van der Waals surface area contributed by atoms with E-state index in [9.17, 15) is 0 Å². The van der Waals surface area contributed by atoms with Crippen molar-refractivity contribution in [3.8, 4) is 0 Å². The van der Waals surface area contributed by atoms with Gasteiger partial charge in [-0.3, -0.25) is 0 Å². The van der Waals surface area contributed by atoms with Crippen LogP contribution in [0.5, 0.6) is 0 Å². The van der Waals surface area contributed by atoms with Gasteiger partial charge in [0.05, 0.1) is 17.1 Å². The second-order valence-electron chi connectivity index (χ2n) is 7.33. The SMILES string of the molecule is Cc1nc(C(C)CCc2nc(CCCc3nc(C)c(C)o3)c(C)o2)c(C)o1. The molecule has 0 aliphatic carbocycles. The van der Waals surface area contributed by atoms with Crippen LogP contribution in [0.3, 0.4) is 0 Å². The predicted octanol–water partition coefficient (Wildman–Crippen LogP) is 5.10. The van der Waals surface area contributed by atoms with Gasteiger partial charge in [0.25, 0.3) is 0 Å². The Morgan fingerprint density at radius 2 is 1.44 bits per heavy atom. The van der Waals surface area contributed by atoms with Crippen molar-refractivity contribution in [2.24, 2.45) is 0 Å². The van der Waals surface area contributed by atoms with Crippen LogP contribution in [0.1, 0.15) is 77.7 Å². The average molecular weight is 371 g/mol. The number of aromatic nitrogens is 3. The lowest BCUT2D eigenvalue weighted by atomic mass is 10.0. The lowest BCUT2D eigenvalue weighted by molar-refractivity contribution is 0.452. The highest BCUT2D eigenvalue weighted by Gasteiger charge is 2.17. The molecule has 3 aromatic heterocycles. The van der Waals surface area contributed by atoms with Crippen LogP contribution in [0.4, 0.5) is 0 Å². The van der Waals surface area contributed by atoms with Crippen molar-refractivity contribution in [3.63, 3.8) is 0 Å². The number of oxazole rings is 3. The van der Waals surface area contributed by atoms with E-state index >= 15 is 0 Å². The van der Waals surface area contributed by atoms with Gasteiger partial charge in [0, 0.05) is 25.7 Å². The molecule has 27 heavy (non-hydrogen) atoms. The number of hydrogen-bond acceptors (Lipinski definition) is 6. The summed E-state index contributed by atoms with van der Waals surface area (Å²) in [6.45, 7) is 11.9. The van der Waals surface area contributed by atoms with E-state index in [0.29, 0.717) is 5.92 Å². The topological polar surface area (TPSA) is 78.1 Å². The molecule has 0 saturated heterocycles.